The number of sulfonamides is 2. The fraction of sp³-hybridized carbons (Fsp3) is 0.190. The average molecular weight is 494 g/mol. The predicted octanol–water partition coefficient (Wildman–Crippen LogP) is 4.19. The van der Waals surface area contributed by atoms with Gasteiger partial charge in [0.25, 0.3) is 10.0 Å². The number of hydrazone groups is 1. The van der Waals surface area contributed by atoms with Crippen LogP contribution in [-0.2, 0) is 20.0 Å². The summed E-state index contributed by atoms with van der Waals surface area (Å²) in [6.07, 6.45) is 0.256. The second kappa shape index (κ2) is 8.64. The Kier molecular flexibility index (Phi) is 6.06. The van der Waals surface area contributed by atoms with Crippen LogP contribution in [0.1, 0.15) is 29.8 Å². The number of para-hydroxylation sites is 1. The molecule has 7 nitrogen and oxygen atoms in total. The van der Waals surface area contributed by atoms with E-state index in [1.807, 2.05) is 17.5 Å². The largest absolute Gasteiger partial charge is 0.283 e. The van der Waals surface area contributed by atoms with E-state index in [2.05, 4.69) is 9.82 Å². The molecule has 1 atom stereocenters. The van der Waals surface area contributed by atoms with Crippen molar-refractivity contribution in [1.82, 2.24) is 4.41 Å². The van der Waals surface area contributed by atoms with E-state index in [4.69, 9.17) is 0 Å². The molecule has 1 aliphatic rings. The van der Waals surface area contributed by atoms with Gasteiger partial charge in [0.1, 0.15) is 11.9 Å². The Bertz CT molecular complexity index is 1350. The summed E-state index contributed by atoms with van der Waals surface area (Å²) in [6.45, 7) is 1.53. The number of thiophene rings is 1. The average Bonchev–Trinajstić information content (AvgIpc) is 3.44. The van der Waals surface area contributed by atoms with Gasteiger partial charge in [0, 0.05) is 16.9 Å². The van der Waals surface area contributed by atoms with Crippen molar-refractivity contribution in [2.24, 2.45) is 5.10 Å². The summed E-state index contributed by atoms with van der Waals surface area (Å²) >= 11 is 1.40. The third kappa shape index (κ3) is 4.41. The minimum Gasteiger partial charge on any atom is -0.283 e. The van der Waals surface area contributed by atoms with Gasteiger partial charge < -0.3 is 0 Å². The Morgan fingerprint density at radius 3 is 2.44 bits per heavy atom. The summed E-state index contributed by atoms with van der Waals surface area (Å²) in [7, 11) is -7.62. The Morgan fingerprint density at radius 1 is 1.06 bits per heavy atom. The lowest BCUT2D eigenvalue weighted by Crippen LogP contribution is -2.26. The lowest BCUT2D eigenvalue weighted by atomic mass is 10.0. The number of halogens is 1. The Balaban J connectivity index is 1.80. The van der Waals surface area contributed by atoms with Crippen molar-refractivity contribution in [3.05, 3.63) is 82.3 Å². The Labute approximate surface area is 190 Å². The molecule has 11 heteroatoms. The highest BCUT2D eigenvalue weighted by atomic mass is 32.2. The van der Waals surface area contributed by atoms with Gasteiger partial charge in [-0.2, -0.15) is 17.9 Å². The highest BCUT2D eigenvalue weighted by Crippen LogP contribution is 2.39. The van der Waals surface area contributed by atoms with E-state index >= 15 is 0 Å². The minimum atomic E-state index is -4.08. The maximum absolute atomic E-state index is 13.4. The second-order valence-corrected chi connectivity index (χ2v) is 11.9. The molecule has 1 aromatic heterocycles. The van der Waals surface area contributed by atoms with Crippen LogP contribution in [0.15, 0.2) is 76.0 Å². The fourth-order valence-electron chi connectivity index (χ4n) is 3.34. The molecule has 2 heterocycles. The summed E-state index contributed by atoms with van der Waals surface area (Å²) in [5.74, 6) is -0.641. The number of benzene rings is 2. The molecule has 0 radical (unpaired) electrons. The smallest absolute Gasteiger partial charge is 0.279 e. The maximum Gasteiger partial charge on any atom is 0.279 e. The van der Waals surface area contributed by atoms with E-state index in [-0.39, 0.29) is 17.1 Å². The fourth-order valence-corrected chi connectivity index (χ4v) is 6.31. The van der Waals surface area contributed by atoms with Gasteiger partial charge in [-0.3, -0.25) is 4.72 Å². The molecule has 0 saturated carbocycles. The summed E-state index contributed by atoms with van der Waals surface area (Å²) < 4.78 is 68.0. The van der Waals surface area contributed by atoms with Gasteiger partial charge in [0.15, 0.2) is 0 Å². The summed E-state index contributed by atoms with van der Waals surface area (Å²) in [5, 5.41) is 6.27. The van der Waals surface area contributed by atoms with E-state index in [1.54, 1.807) is 24.3 Å². The molecule has 0 spiro atoms. The quantitative estimate of drug-likeness (QED) is 0.534. The van der Waals surface area contributed by atoms with Gasteiger partial charge >= 0.3 is 0 Å². The van der Waals surface area contributed by atoms with Crippen molar-refractivity contribution in [2.45, 2.75) is 24.3 Å². The van der Waals surface area contributed by atoms with Crippen molar-refractivity contribution in [3.63, 3.8) is 0 Å². The second-order valence-electron chi connectivity index (χ2n) is 7.06. The highest BCUT2D eigenvalue weighted by Gasteiger charge is 2.38. The Hall–Kier alpha value is -2.76. The first-order valence-corrected chi connectivity index (χ1v) is 13.7. The Morgan fingerprint density at radius 2 is 1.78 bits per heavy atom. The van der Waals surface area contributed by atoms with E-state index < -0.39 is 31.9 Å². The zero-order chi connectivity index (χ0) is 22.9. The molecule has 3 aromatic rings. The van der Waals surface area contributed by atoms with Gasteiger partial charge in [0.2, 0.25) is 10.0 Å². The standard InChI is InChI=1S/C21H20FN3O4S3/c1-2-31(26,27)24-18-7-4-3-6-17(18)19-14-20(21-8-5-13-30-21)25(23-19)32(28,29)16-11-9-15(22)10-12-16/h3-13,20,24H,2,14H2,1H3/t20-/m1/s1. The predicted molar refractivity (Wildman–Crippen MR) is 123 cm³/mol. The molecule has 1 aliphatic heterocycles. The van der Waals surface area contributed by atoms with Crippen LogP contribution >= 0.6 is 11.3 Å². The van der Waals surface area contributed by atoms with E-state index in [0.29, 0.717) is 17.0 Å². The van der Waals surface area contributed by atoms with E-state index in [1.165, 1.54) is 30.4 Å². The molecule has 0 saturated heterocycles. The lowest BCUT2D eigenvalue weighted by molar-refractivity contribution is 0.375. The van der Waals surface area contributed by atoms with Gasteiger partial charge in [-0.05, 0) is 48.7 Å². The molecule has 2 aromatic carbocycles. The third-order valence-corrected chi connectivity index (χ3v) is 8.95. The van der Waals surface area contributed by atoms with Crippen LogP contribution < -0.4 is 4.72 Å². The zero-order valence-electron chi connectivity index (χ0n) is 17.0. The van der Waals surface area contributed by atoms with Gasteiger partial charge in [0.05, 0.1) is 22.0 Å². The molecule has 0 amide bonds. The molecule has 168 valence electrons. The first-order chi connectivity index (χ1) is 15.2. The molecule has 4 rings (SSSR count). The first kappa shape index (κ1) is 22.4. The number of hydrogen-bond donors (Lipinski definition) is 1. The van der Waals surface area contributed by atoms with Gasteiger partial charge in [-0.15, -0.1) is 11.3 Å². The van der Waals surface area contributed by atoms with Gasteiger partial charge in [-0.25, -0.2) is 12.8 Å². The van der Waals surface area contributed by atoms with Crippen molar-refractivity contribution in [3.8, 4) is 0 Å². The molecular formula is C21H20FN3O4S3. The van der Waals surface area contributed by atoms with Crippen LogP contribution in [0.3, 0.4) is 0 Å². The number of anilines is 1. The monoisotopic (exact) mass is 493 g/mol. The highest BCUT2D eigenvalue weighted by molar-refractivity contribution is 7.92. The molecule has 0 bridgehead atoms. The summed E-state index contributed by atoms with van der Waals surface area (Å²) in [6, 6.07) is 14.4. The SMILES string of the molecule is CCS(=O)(=O)Nc1ccccc1C1=NN(S(=O)(=O)c2ccc(F)cc2)[C@@H](c2cccs2)C1. The number of hydrogen-bond acceptors (Lipinski definition) is 6. The molecule has 0 aliphatic carbocycles. The van der Waals surface area contributed by atoms with Crippen LogP contribution in [0, 0.1) is 5.82 Å². The van der Waals surface area contributed by atoms with Crippen LogP contribution in [-0.4, -0.2) is 32.7 Å². The topological polar surface area (TPSA) is 95.9 Å². The van der Waals surface area contributed by atoms with Crippen LogP contribution in [0.4, 0.5) is 10.1 Å². The normalized spacial score (nSPS) is 16.8. The maximum atomic E-state index is 13.4. The number of rotatable bonds is 7. The number of nitrogens with zero attached hydrogens (tertiary/aromatic N) is 2. The number of nitrogens with one attached hydrogen (secondary N) is 1. The van der Waals surface area contributed by atoms with Crippen molar-refractivity contribution in [2.75, 3.05) is 10.5 Å². The van der Waals surface area contributed by atoms with Crippen LogP contribution in [0.25, 0.3) is 0 Å². The minimum absolute atomic E-state index is 0.0783. The molecule has 0 fully saturated rings. The van der Waals surface area contributed by atoms with Crippen molar-refractivity contribution < 1.29 is 21.2 Å². The van der Waals surface area contributed by atoms with E-state index in [9.17, 15) is 21.2 Å². The van der Waals surface area contributed by atoms with Crippen molar-refractivity contribution in [1.29, 1.82) is 0 Å². The molecule has 32 heavy (non-hydrogen) atoms. The van der Waals surface area contributed by atoms with Crippen LogP contribution in [0.5, 0.6) is 0 Å². The first-order valence-electron chi connectivity index (χ1n) is 9.72. The zero-order valence-corrected chi connectivity index (χ0v) is 19.4. The summed E-state index contributed by atoms with van der Waals surface area (Å²) in [4.78, 5) is 0.714. The van der Waals surface area contributed by atoms with Gasteiger partial charge in [-0.1, -0.05) is 24.3 Å². The van der Waals surface area contributed by atoms with Crippen molar-refractivity contribution >= 4 is 42.8 Å². The third-order valence-electron chi connectivity index (χ3n) is 4.99. The molecule has 1 N–H and O–H groups in total. The van der Waals surface area contributed by atoms with E-state index in [0.717, 1.165) is 21.4 Å². The molecule has 0 unspecified atom stereocenters. The summed E-state index contributed by atoms with van der Waals surface area (Å²) in [5.41, 5.74) is 1.27. The lowest BCUT2D eigenvalue weighted by Gasteiger charge is -2.22. The molecular weight excluding hydrogens is 473 g/mol. The van der Waals surface area contributed by atoms with Crippen LogP contribution in [0.2, 0.25) is 0 Å².